The minimum absolute atomic E-state index is 0.167. The molecule has 0 fully saturated rings. The van der Waals surface area contributed by atoms with Gasteiger partial charge in [-0.3, -0.25) is 9.59 Å². The van der Waals surface area contributed by atoms with Gasteiger partial charge in [-0.2, -0.15) is 4.36 Å². The van der Waals surface area contributed by atoms with Gasteiger partial charge in [0.25, 0.3) is 5.91 Å². The highest BCUT2D eigenvalue weighted by molar-refractivity contribution is 7.92. The Morgan fingerprint density at radius 3 is 2.57 bits per heavy atom. The van der Waals surface area contributed by atoms with Crippen LogP contribution in [-0.4, -0.2) is 28.5 Å². The van der Waals surface area contributed by atoms with Gasteiger partial charge in [0.15, 0.2) is 0 Å². The molecule has 0 aliphatic rings. The Morgan fingerprint density at radius 1 is 1.22 bits per heavy atom. The lowest BCUT2D eigenvalue weighted by Gasteiger charge is -2.09. The van der Waals surface area contributed by atoms with E-state index in [-0.39, 0.29) is 11.5 Å². The van der Waals surface area contributed by atoms with E-state index in [1.165, 1.54) is 12.5 Å². The maximum Gasteiger partial charge on any atom is 0.287 e. The second-order valence-corrected chi connectivity index (χ2v) is 7.98. The fourth-order valence-electron chi connectivity index (χ4n) is 1.93. The Balaban J connectivity index is 2.71. The first-order chi connectivity index (χ1) is 10.8. The molecule has 2 amide bonds. The first-order valence-corrected chi connectivity index (χ1v) is 9.70. The number of unbranched alkanes of at least 4 members (excludes halogenated alkanes) is 3. The molecule has 1 aromatic rings. The van der Waals surface area contributed by atoms with Crippen LogP contribution in [0.15, 0.2) is 28.6 Å². The number of nitrogens with zero attached hydrogens (tertiary/aromatic N) is 1. The Kier molecular flexibility index (Phi) is 7.49. The van der Waals surface area contributed by atoms with Crippen LogP contribution in [0.5, 0.6) is 0 Å². The molecule has 5 nitrogen and oxygen atoms in total. The number of hydrogen-bond acceptors (Lipinski definition) is 3. The molecule has 1 N–H and O–H groups in total. The maximum absolute atomic E-state index is 12.1. The van der Waals surface area contributed by atoms with Gasteiger partial charge in [-0.25, -0.2) is 4.21 Å². The van der Waals surface area contributed by atoms with E-state index in [1.54, 1.807) is 24.3 Å². The van der Waals surface area contributed by atoms with Crippen LogP contribution >= 0.6 is 0 Å². The number of hydrogen-bond donors (Lipinski definition) is 1. The highest BCUT2D eigenvalue weighted by Gasteiger charge is 2.13. The van der Waals surface area contributed by atoms with E-state index in [4.69, 9.17) is 6.42 Å². The topological polar surface area (TPSA) is 75.6 Å². The van der Waals surface area contributed by atoms with Crippen LogP contribution in [-0.2, 0) is 14.5 Å². The molecule has 124 valence electrons. The number of terminal acetylenes is 1. The van der Waals surface area contributed by atoms with E-state index < -0.39 is 15.6 Å². The third-order valence-corrected chi connectivity index (χ3v) is 3.56. The van der Waals surface area contributed by atoms with Gasteiger partial charge < -0.3 is 5.32 Å². The molecular weight excluding hydrogens is 312 g/mol. The third kappa shape index (κ3) is 7.61. The standard InChI is InChI=1S/C17H22N2O3S/c1-4-5-6-7-8-13-16(20)18-15-12-10-9-11-14(15)17(21)19-23(2,3)22/h1,9-12H,5-8,13H2,2-3H3,(H,18,20). The summed E-state index contributed by atoms with van der Waals surface area (Å²) >= 11 is 0. The van der Waals surface area contributed by atoms with Crippen molar-refractivity contribution in [1.82, 2.24) is 0 Å². The summed E-state index contributed by atoms with van der Waals surface area (Å²) in [7, 11) is -2.54. The normalized spacial score (nSPS) is 10.7. The Hall–Kier alpha value is -2.13. The van der Waals surface area contributed by atoms with Crippen LogP contribution in [0.2, 0.25) is 0 Å². The molecular formula is C17H22N2O3S. The van der Waals surface area contributed by atoms with Crippen molar-refractivity contribution in [2.75, 3.05) is 17.8 Å². The molecule has 0 bridgehead atoms. The lowest BCUT2D eigenvalue weighted by atomic mass is 10.1. The van der Waals surface area contributed by atoms with Gasteiger partial charge in [-0.15, -0.1) is 12.3 Å². The molecule has 0 saturated carbocycles. The van der Waals surface area contributed by atoms with E-state index in [2.05, 4.69) is 15.6 Å². The van der Waals surface area contributed by atoms with E-state index >= 15 is 0 Å². The van der Waals surface area contributed by atoms with E-state index in [0.29, 0.717) is 18.5 Å². The number of nitrogens with one attached hydrogen (secondary N) is 1. The van der Waals surface area contributed by atoms with Crippen molar-refractivity contribution in [3.63, 3.8) is 0 Å². The number of carbonyl (C=O) groups is 2. The third-order valence-electron chi connectivity index (χ3n) is 2.96. The average molecular weight is 334 g/mol. The lowest BCUT2D eigenvalue weighted by Crippen LogP contribution is -2.14. The highest BCUT2D eigenvalue weighted by Crippen LogP contribution is 2.17. The summed E-state index contributed by atoms with van der Waals surface area (Å²) in [6, 6.07) is 6.57. The monoisotopic (exact) mass is 334 g/mol. The predicted molar refractivity (Wildman–Crippen MR) is 93.7 cm³/mol. The molecule has 0 aromatic heterocycles. The molecule has 0 spiro atoms. The van der Waals surface area contributed by atoms with Gasteiger partial charge in [0.1, 0.15) is 0 Å². The summed E-state index contributed by atoms with van der Waals surface area (Å²) in [4.78, 5) is 24.0. The van der Waals surface area contributed by atoms with E-state index in [9.17, 15) is 13.8 Å². The lowest BCUT2D eigenvalue weighted by molar-refractivity contribution is -0.116. The molecule has 0 aliphatic carbocycles. The SMILES string of the molecule is C#CCCCCCC(=O)Nc1ccccc1C(=O)N=S(C)(C)=O. The number of carbonyl (C=O) groups excluding carboxylic acids is 2. The first-order valence-electron chi connectivity index (χ1n) is 7.37. The van der Waals surface area contributed by atoms with Crippen LogP contribution in [0.1, 0.15) is 42.5 Å². The summed E-state index contributed by atoms with van der Waals surface area (Å²) in [6.07, 6.45) is 11.6. The molecule has 0 saturated heterocycles. The second-order valence-electron chi connectivity index (χ2n) is 5.44. The van der Waals surface area contributed by atoms with Crippen LogP contribution < -0.4 is 5.32 Å². The fourth-order valence-corrected chi connectivity index (χ4v) is 2.43. The van der Waals surface area contributed by atoms with Crippen molar-refractivity contribution in [3.8, 4) is 12.3 Å². The van der Waals surface area contributed by atoms with E-state index in [0.717, 1.165) is 19.3 Å². The van der Waals surface area contributed by atoms with Gasteiger partial charge in [-0.05, 0) is 25.0 Å². The zero-order chi connectivity index (χ0) is 17.3. The van der Waals surface area contributed by atoms with Crippen molar-refractivity contribution in [3.05, 3.63) is 29.8 Å². The smallest absolute Gasteiger partial charge is 0.287 e. The molecule has 0 radical (unpaired) electrons. The fraction of sp³-hybridized carbons (Fsp3) is 0.412. The van der Waals surface area contributed by atoms with Crippen LogP contribution in [0.4, 0.5) is 5.69 Å². The maximum atomic E-state index is 12.1. The highest BCUT2D eigenvalue weighted by atomic mass is 32.2. The quantitative estimate of drug-likeness (QED) is 0.615. The first kappa shape index (κ1) is 18.9. The van der Waals surface area contributed by atoms with Gasteiger partial charge in [0.05, 0.1) is 11.3 Å². The van der Waals surface area contributed by atoms with Crippen molar-refractivity contribution in [1.29, 1.82) is 0 Å². The van der Waals surface area contributed by atoms with Crippen LogP contribution in [0.3, 0.4) is 0 Å². The second kappa shape index (κ2) is 9.11. The summed E-state index contributed by atoms with van der Waals surface area (Å²) in [5, 5.41) is 2.72. The average Bonchev–Trinajstić information content (AvgIpc) is 2.45. The summed E-state index contributed by atoms with van der Waals surface area (Å²) in [5.41, 5.74) is 0.628. The number of anilines is 1. The molecule has 1 rings (SSSR count). The van der Waals surface area contributed by atoms with Crippen molar-refractivity contribution >= 4 is 27.2 Å². The number of rotatable bonds is 7. The van der Waals surface area contributed by atoms with Crippen LogP contribution in [0.25, 0.3) is 0 Å². The number of para-hydroxylation sites is 1. The largest absolute Gasteiger partial charge is 0.325 e. The van der Waals surface area contributed by atoms with Gasteiger partial charge in [0, 0.05) is 35.1 Å². The zero-order valence-corrected chi connectivity index (χ0v) is 14.3. The molecule has 0 unspecified atom stereocenters. The Bertz CT molecular complexity index is 718. The number of benzene rings is 1. The van der Waals surface area contributed by atoms with Crippen molar-refractivity contribution in [2.24, 2.45) is 4.36 Å². The van der Waals surface area contributed by atoms with Gasteiger partial charge in [0.2, 0.25) is 5.91 Å². The predicted octanol–water partition coefficient (Wildman–Crippen LogP) is 3.08. The summed E-state index contributed by atoms with van der Waals surface area (Å²) in [6.45, 7) is 0. The summed E-state index contributed by atoms with van der Waals surface area (Å²) < 4.78 is 15.3. The zero-order valence-electron chi connectivity index (χ0n) is 13.5. The van der Waals surface area contributed by atoms with E-state index in [1.807, 2.05) is 0 Å². The summed E-state index contributed by atoms with van der Waals surface area (Å²) in [5.74, 6) is 1.80. The van der Waals surface area contributed by atoms with Crippen LogP contribution in [0, 0.1) is 12.3 Å². The molecule has 0 aliphatic heterocycles. The Morgan fingerprint density at radius 2 is 1.91 bits per heavy atom. The van der Waals surface area contributed by atoms with Crippen molar-refractivity contribution < 1.29 is 13.8 Å². The molecule has 23 heavy (non-hydrogen) atoms. The molecule has 6 heteroatoms. The molecule has 0 heterocycles. The van der Waals surface area contributed by atoms with Gasteiger partial charge >= 0.3 is 0 Å². The molecule has 0 atom stereocenters. The number of amides is 2. The Labute approximate surface area is 138 Å². The minimum atomic E-state index is -2.54. The van der Waals surface area contributed by atoms with Gasteiger partial charge in [-0.1, -0.05) is 18.6 Å². The molecule has 1 aromatic carbocycles. The van der Waals surface area contributed by atoms with Crippen molar-refractivity contribution in [2.45, 2.75) is 32.1 Å². The minimum Gasteiger partial charge on any atom is -0.325 e.